The fourth-order valence-corrected chi connectivity index (χ4v) is 2.45. The Balaban J connectivity index is 2.04. The average Bonchev–Trinajstić information content (AvgIpc) is 3.07. The van der Waals surface area contributed by atoms with E-state index in [4.69, 9.17) is 11.6 Å². The predicted molar refractivity (Wildman–Crippen MR) is 87.8 cm³/mol. The van der Waals surface area contributed by atoms with Crippen LogP contribution >= 0.6 is 11.6 Å². The molecule has 0 spiro atoms. The van der Waals surface area contributed by atoms with Gasteiger partial charge in [-0.25, -0.2) is 4.52 Å². The number of carbonyl (C=O) groups excluding carboxylic acids is 2. The minimum absolute atomic E-state index is 0.150. The van der Waals surface area contributed by atoms with Gasteiger partial charge in [-0.3, -0.25) is 14.6 Å². The molecule has 3 rings (SSSR count). The van der Waals surface area contributed by atoms with Gasteiger partial charge in [-0.1, -0.05) is 11.6 Å². The molecule has 0 saturated carbocycles. The number of ether oxygens (including phenoxy) is 1. The number of halogens is 1. The van der Waals surface area contributed by atoms with E-state index >= 15 is 0 Å². The molecular weight excluding hydrogens is 332 g/mol. The molecular formula is C16H13ClN4O3. The molecule has 8 heteroatoms. The van der Waals surface area contributed by atoms with Crippen LogP contribution in [0, 0.1) is 0 Å². The van der Waals surface area contributed by atoms with Gasteiger partial charge in [-0.15, -0.1) is 0 Å². The van der Waals surface area contributed by atoms with Gasteiger partial charge < -0.3 is 10.1 Å². The summed E-state index contributed by atoms with van der Waals surface area (Å²) in [5, 5.41) is 7.22. The van der Waals surface area contributed by atoms with Crippen LogP contribution < -0.4 is 5.32 Å². The van der Waals surface area contributed by atoms with Crippen LogP contribution in [-0.4, -0.2) is 40.1 Å². The van der Waals surface area contributed by atoms with Crippen molar-refractivity contribution in [1.29, 1.82) is 0 Å². The lowest BCUT2D eigenvalue weighted by Gasteiger charge is -2.09. The van der Waals surface area contributed by atoms with Crippen molar-refractivity contribution in [1.82, 2.24) is 19.9 Å². The molecule has 7 nitrogen and oxygen atoms in total. The molecule has 0 bridgehead atoms. The summed E-state index contributed by atoms with van der Waals surface area (Å²) in [5.41, 5.74) is 2.34. The van der Waals surface area contributed by atoms with Gasteiger partial charge >= 0.3 is 5.97 Å². The van der Waals surface area contributed by atoms with Gasteiger partial charge in [-0.2, -0.15) is 5.10 Å². The Bertz CT molecular complexity index is 923. The van der Waals surface area contributed by atoms with Gasteiger partial charge in [0.15, 0.2) is 0 Å². The summed E-state index contributed by atoms with van der Waals surface area (Å²) in [7, 11) is 1.25. The van der Waals surface area contributed by atoms with Crippen LogP contribution in [0.3, 0.4) is 0 Å². The molecule has 0 fully saturated rings. The maximum Gasteiger partial charge on any atom is 0.325 e. The van der Waals surface area contributed by atoms with Crippen LogP contribution in [0.1, 0.15) is 10.5 Å². The van der Waals surface area contributed by atoms with Crippen molar-refractivity contribution in [2.45, 2.75) is 0 Å². The highest BCUT2D eigenvalue weighted by atomic mass is 35.5. The number of fused-ring (bicyclic) bond motifs is 1. The average molecular weight is 345 g/mol. The standard InChI is InChI=1S/C16H13ClN4O3/c1-24-15(22)9-19-16(23)13-7-10(11-8-18-5-4-12(11)17)14-3-2-6-21(14)20-13/h2-8H,9H2,1H3,(H,19,23). The van der Waals surface area contributed by atoms with Crippen LogP contribution in [0.5, 0.6) is 0 Å². The van der Waals surface area contributed by atoms with Gasteiger partial charge in [-0.05, 0) is 24.3 Å². The minimum Gasteiger partial charge on any atom is -0.468 e. The Hall–Kier alpha value is -2.93. The zero-order valence-electron chi connectivity index (χ0n) is 12.7. The van der Waals surface area contributed by atoms with E-state index < -0.39 is 11.9 Å². The first-order valence-corrected chi connectivity index (χ1v) is 7.41. The lowest BCUT2D eigenvalue weighted by Crippen LogP contribution is -2.31. The zero-order valence-corrected chi connectivity index (χ0v) is 13.4. The molecule has 122 valence electrons. The van der Waals surface area contributed by atoms with Crippen molar-refractivity contribution in [3.05, 3.63) is 53.6 Å². The Labute approximate surface area is 142 Å². The van der Waals surface area contributed by atoms with E-state index in [1.807, 2.05) is 12.1 Å². The van der Waals surface area contributed by atoms with E-state index in [-0.39, 0.29) is 12.2 Å². The number of hydrogen-bond donors (Lipinski definition) is 1. The molecule has 0 unspecified atom stereocenters. The molecule has 0 aliphatic heterocycles. The second-order valence-corrected chi connectivity index (χ2v) is 5.30. The fraction of sp³-hybridized carbons (Fsp3) is 0.125. The Morgan fingerprint density at radius 2 is 2.17 bits per heavy atom. The lowest BCUT2D eigenvalue weighted by molar-refractivity contribution is -0.139. The zero-order chi connectivity index (χ0) is 17.1. The summed E-state index contributed by atoms with van der Waals surface area (Å²) in [4.78, 5) is 27.5. The number of rotatable bonds is 4. The number of esters is 1. The normalized spacial score (nSPS) is 10.6. The highest BCUT2D eigenvalue weighted by Crippen LogP contribution is 2.30. The first-order chi connectivity index (χ1) is 11.6. The molecule has 1 N–H and O–H groups in total. The molecule has 0 aromatic carbocycles. The number of pyridine rings is 1. The predicted octanol–water partition coefficient (Wildman–Crippen LogP) is 1.95. The van der Waals surface area contributed by atoms with Crippen molar-refractivity contribution >= 4 is 29.0 Å². The van der Waals surface area contributed by atoms with Gasteiger partial charge in [0.2, 0.25) is 0 Å². The largest absolute Gasteiger partial charge is 0.468 e. The van der Waals surface area contributed by atoms with E-state index in [1.165, 1.54) is 7.11 Å². The maximum absolute atomic E-state index is 12.3. The third-order valence-corrected chi connectivity index (χ3v) is 3.74. The van der Waals surface area contributed by atoms with Crippen molar-refractivity contribution in [3.63, 3.8) is 0 Å². The lowest BCUT2D eigenvalue weighted by atomic mass is 10.1. The summed E-state index contributed by atoms with van der Waals surface area (Å²) in [6.07, 6.45) is 4.94. The molecule has 0 aliphatic rings. The number of hydrogen-bond acceptors (Lipinski definition) is 5. The first-order valence-electron chi connectivity index (χ1n) is 7.03. The second kappa shape index (κ2) is 6.67. The van der Waals surface area contributed by atoms with Crippen molar-refractivity contribution in [3.8, 4) is 11.1 Å². The van der Waals surface area contributed by atoms with Gasteiger partial charge in [0.1, 0.15) is 12.2 Å². The summed E-state index contributed by atoms with van der Waals surface area (Å²) >= 11 is 6.25. The van der Waals surface area contributed by atoms with Crippen LogP contribution in [-0.2, 0) is 9.53 Å². The topological polar surface area (TPSA) is 85.6 Å². The van der Waals surface area contributed by atoms with E-state index in [0.29, 0.717) is 10.6 Å². The highest BCUT2D eigenvalue weighted by molar-refractivity contribution is 6.33. The Kier molecular flexibility index (Phi) is 4.43. The van der Waals surface area contributed by atoms with Gasteiger partial charge in [0.05, 0.1) is 17.6 Å². The minimum atomic E-state index is -0.541. The summed E-state index contributed by atoms with van der Waals surface area (Å²) < 4.78 is 6.07. The van der Waals surface area contributed by atoms with Crippen LogP contribution in [0.25, 0.3) is 16.6 Å². The van der Waals surface area contributed by atoms with Crippen LogP contribution in [0.15, 0.2) is 42.9 Å². The van der Waals surface area contributed by atoms with Crippen LogP contribution in [0.2, 0.25) is 5.02 Å². The van der Waals surface area contributed by atoms with Gasteiger partial charge in [0, 0.05) is 29.7 Å². The number of nitrogens with zero attached hydrogens (tertiary/aromatic N) is 3. The van der Waals surface area contributed by atoms with Crippen LogP contribution in [0.4, 0.5) is 0 Å². The Morgan fingerprint density at radius 3 is 2.92 bits per heavy atom. The molecule has 24 heavy (non-hydrogen) atoms. The Morgan fingerprint density at radius 1 is 1.33 bits per heavy atom. The van der Waals surface area contributed by atoms with E-state index in [2.05, 4.69) is 20.1 Å². The summed E-state index contributed by atoms with van der Waals surface area (Å²) in [5.74, 6) is -1.03. The molecule has 3 aromatic rings. The number of methoxy groups -OCH3 is 1. The molecule has 0 saturated heterocycles. The quantitative estimate of drug-likeness (QED) is 0.731. The number of nitrogens with one attached hydrogen (secondary N) is 1. The smallest absolute Gasteiger partial charge is 0.325 e. The molecule has 0 atom stereocenters. The summed E-state index contributed by atoms with van der Waals surface area (Å²) in [6, 6.07) is 6.96. The van der Waals surface area contributed by atoms with Crippen molar-refractivity contribution < 1.29 is 14.3 Å². The number of carbonyl (C=O) groups is 2. The molecule has 3 heterocycles. The van der Waals surface area contributed by atoms with Gasteiger partial charge in [0.25, 0.3) is 5.91 Å². The highest BCUT2D eigenvalue weighted by Gasteiger charge is 2.16. The SMILES string of the molecule is COC(=O)CNC(=O)c1cc(-c2cnccc2Cl)c2cccn2n1. The first kappa shape index (κ1) is 15.9. The molecule has 3 aromatic heterocycles. The third-order valence-electron chi connectivity index (χ3n) is 3.41. The van der Waals surface area contributed by atoms with E-state index in [0.717, 1.165) is 11.1 Å². The van der Waals surface area contributed by atoms with Crippen molar-refractivity contribution in [2.75, 3.05) is 13.7 Å². The molecule has 0 radical (unpaired) electrons. The number of aromatic nitrogens is 3. The monoisotopic (exact) mass is 344 g/mol. The van der Waals surface area contributed by atoms with E-state index in [9.17, 15) is 9.59 Å². The van der Waals surface area contributed by atoms with E-state index in [1.54, 1.807) is 35.2 Å². The molecule has 0 aliphatic carbocycles. The number of amides is 1. The maximum atomic E-state index is 12.3. The van der Waals surface area contributed by atoms with Crippen molar-refractivity contribution in [2.24, 2.45) is 0 Å². The third kappa shape index (κ3) is 3.07. The second-order valence-electron chi connectivity index (χ2n) is 4.90. The summed E-state index contributed by atoms with van der Waals surface area (Å²) in [6.45, 7) is -0.232. The molecule has 1 amide bonds. The fourth-order valence-electron chi connectivity index (χ4n) is 2.25.